The van der Waals surface area contributed by atoms with Crippen molar-refractivity contribution in [2.24, 2.45) is 5.73 Å². The average Bonchev–Trinajstić information content (AvgIpc) is 3.42. The van der Waals surface area contributed by atoms with Gasteiger partial charge in [0, 0.05) is 37.7 Å². The van der Waals surface area contributed by atoms with Gasteiger partial charge in [0.15, 0.2) is 0 Å². The molecule has 2 aromatic rings. The number of carbonyl (C=O) groups is 1. The molecule has 3 heterocycles. The SMILES string of the molecule is CCN1CCCC1CN1CC(c2nc(-c3ccc(CN)cc3)no2)CC1=O. The van der Waals surface area contributed by atoms with Crippen molar-refractivity contribution in [2.45, 2.75) is 44.7 Å². The molecule has 0 radical (unpaired) electrons. The van der Waals surface area contributed by atoms with Gasteiger partial charge >= 0.3 is 0 Å². The Balaban J connectivity index is 1.42. The van der Waals surface area contributed by atoms with E-state index in [1.807, 2.05) is 29.2 Å². The molecule has 2 fully saturated rings. The second-order valence-corrected chi connectivity index (χ2v) is 7.48. The number of aromatic nitrogens is 2. The second-order valence-electron chi connectivity index (χ2n) is 7.48. The molecule has 144 valence electrons. The minimum absolute atomic E-state index is 0.0152. The van der Waals surface area contributed by atoms with E-state index < -0.39 is 0 Å². The van der Waals surface area contributed by atoms with Gasteiger partial charge in [-0.25, -0.2) is 0 Å². The highest BCUT2D eigenvalue weighted by atomic mass is 16.5. The number of amides is 1. The normalized spacial score (nSPS) is 23.5. The van der Waals surface area contributed by atoms with Crippen molar-refractivity contribution >= 4 is 5.91 Å². The summed E-state index contributed by atoms with van der Waals surface area (Å²) in [5, 5.41) is 4.11. The largest absolute Gasteiger partial charge is 0.340 e. The lowest BCUT2D eigenvalue weighted by Gasteiger charge is -2.27. The zero-order valence-corrected chi connectivity index (χ0v) is 15.8. The number of hydrogen-bond acceptors (Lipinski definition) is 6. The third kappa shape index (κ3) is 3.75. The monoisotopic (exact) mass is 369 g/mol. The third-order valence-electron chi connectivity index (χ3n) is 5.79. The summed E-state index contributed by atoms with van der Waals surface area (Å²) < 4.78 is 5.49. The number of nitrogens with zero attached hydrogens (tertiary/aromatic N) is 4. The fourth-order valence-electron chi connectivity index (χ4n) is 4.19. The minimum atomic E-state index is -0.0152. The second kappa shape index (κ2) is 7.78. The molecule has 2 aliphatic heterocycles. The molecule has 27 heavy (non-hydrogen) atoms. The highest BCUT2D eigenvalue weighted by Crippen LogP contribution is 2.30. The van der Waals surface area contributed by atoms with Gasteiger partial charge in [-0.05, 0) is 31.5 Å². The van der Waals surface area contributed by atoms with Crippen LogP contribution in [0.4, 0.5) is 0 Å². The summed E-state index contributed by atoms with van der Waals surface area (Å²) in [7, 11) is 0. The van der Waals surface area contributed by atoms with Crippen LogP contribution in [-0.2, 0) is 11.3 Å². The molecular weight excluding hydrogens is 342 g/mol. The van der Waals surface area contributed by atoms with Crippen LogP contribution in [0.15, 0.2) is 28.8 Å². The number of hydrogen-bond donors (Lipinski definition) is 1. The Kier molecular flexibility index (Phi) is 5.22. The van der Waals surface area contributed by atoms with Crippen LogP contribution >= 0.6 is 0 Å². The van der Waals surface area contributed by atoms with Gasteiger partial charge in [0.05, 0.1) is 5.92 Å². The van der Waals surface area contributed by atoms with Crippen LogP contribution in [0, 0.1) is 0 Å². The summed E-state index contributed by atoms with van der Waals surface area (Å²) >= 11 is 0. The molecule has 1 amide bonds. The first kappa shape index (κ1) is 18.1. The average molecular weight is 369 g/mol. The van der Waals surface area contributed by atoms with Gasteiger partial charge in [-0.1, -0.05) is 36.3 Å². The van der Waals surface area contributed by atoms with Crippen LogP contribution in [-0.4, -0.2) is 58.1 Å². The van der Waals surface area contributed by atoms with Crippen molar-refractivity contribution in [2.75, 3.05) is 26.2 Å². The van der Waals surface area contributed by atoms with Crippen LogP contribution in [0.2, 0.25) is 0 Å². The topological polar surface area (TPSA) is 88.5 Å². The fraction of sp³-hybridized carbons (Fsp3) is 0.550. The van der Waals surface area contributed by atoms with E-state index in [2.05, 4.69) is 22.0 Å². The van der Waals surface area contributed by atoms with Crippen molar-refractivity contribution in [3.63, 3.8) is 0 Å². The number of benzene rings is 1. The number of nitrogens with two attached hydrogens (primary N) is 1. The van der Waals surface area contributed by atoms with E-state index in [9.17, 15) is 4.79 Å². The Morgan fingerprint density at radius 2 is 2.11 bits per heavy atom. The van der Waals surface area contributed by atoms with E-state index in [0.717, 1.165) is 30.8 Å². The molecule has 7 heteroatoms. The first-order valence-electron chi connectivity index (χ1n) is 9.82. The molecule has 1 aromatic carbocycles. The zero-order valence-electron chi connectivity index (χ0n) is 15.8. The van der Waals surface area contributed by atoms with Crippen molar-refractivity contribution in [1.29, 1.82) is 0 Å². The molecule has 0 aliphatic carbocycles. The van der Waals surface area contributed by atoms with Crippen molar-refractivity contribution in [3.05, 3.63) is 35.7 Å². The molecule has 2 N–H and O–H groups in total. The van der Waals surface area contributed by atoms with Gasteiger partial charge in [-0.3, -0.25) is 9.69 Å². The minimum Gasteiger partial charge on any atom is -0.340 e. The van der Waals surface area contributed by atoms with E-state index in [-0.39, 0.29) is 11.8 Å². The Morgan fingerprint density at radius 3 is 2.85 bits per heavy atom. The van der Waals surface area contributed by atoms with Gasteiger partial charge in [0.25, 0.3) is 0 Å². The maximum absolute atomic E-state index is 12.5. The number of rotatable bonds is 6. The molecule has 2 atom stereocenters. The molecule has 2 unspecified atom stereocenters. The zero-order chi connectivity index (χ0) is 18.8. The van der Waals surface area contributed by atoms with E-state index in [1.54, 1.807) is 0 Å². The maximum Gasteiger partial charge on any atom is 0.232 e. The molecule has 0 saturated carbocycles. The van der Waals surface area contributed by atoms with Crippen molar-refractivity contribution < 1.29 is 9.32 Å². The van der Waals surface area contributed by atoms with E-state index >= 15 is 0 Å². The summed E-state index contributed by atoms with van der Waals surface area (Å²) in [5.74, 6) is 1.29. The Labute approximate surface area is 159 Å². The smallest absolute Gasteiger partial charge is 0.232 e. The lowest BCUT2D eigenvalue weighted by molar-refractivity contribution is -0.128. The molecule has 7 nitrogen and oxygen atoms in total. The molecular formula is C20H27N5O2. The van der Waals surface area contributed by atoms with E-state index in [1.165, 1.54) is 12.8 Å². The van der Waals surface area contributed by atoms with Gasteiger partial charge in [-0.15, -0.1) is 0 Å². The van der Waals surface area contributed by atoms with Gasteiger partial charge in [0.2, 0.25) is 17.6 Å². The quantitative estimate of drug-likeness (QED) is 0.838. The summed E-state index contributed by atoms with van der Waals surface area (Å²) in [5.41, 5.74) is 7.60. The highest BCUT2D eigenvalue weighted by molar-refractivity contribution is 5.79. The first-order valence-corrected chi connectivity index (χ1v) is 9.82. The summed E-state index contributed by atoms with van der Waals surface area (Å²) in [4.78, 5) is 21.5. The molecule has 2 aliphatic rings. The fourth-order valence-corrected chi connectivity index (χ4v) is 4.19. The van der Waals surface area contributed by atoms with Crippen molar-refractivity contribution in [1.82, 2.24) is 19.9 Å². The Bertz CT molecular complexity index is 788. The highest BCUT2D eigenvalue weighted by Gasteiger charge is 2.36. The van der Waals surface area contributed by atoms with Crippen LogP contribution in [0.3, 0.4) is 0 Å². The Morgan fingerprint density at radius 1 is 1.30 bits per heavy atom. The van der Waals surface area contributed by atoms with Gasteiger partial charge in [-0.2, -0.15) is 4.98 Å². The molecule has 0 bridgehead atoms. The van der Waals surface area contributed by atoms with Crippen LogP contribution in [0.5, 0.6) is 0 Å². The van der Waals surface area contributed by atoms with Crippen molar-refractivity contribution in [3.8, 4) is 11.4 Å². The number of carbonyl (C=O) groups excluding carboxylic acids is 1. The number of likely N-dealkylation sites (N-methyl/N-ethyl adjacent to an activating group) is 1. The lowest BCUT2D eigenvalue weighted by Crippen LogP contribution is -2.40. The molecule has 4 rings (SSSR count). The predicted molar refractivity (Wildman–Crippen MR) is 102 cm³/mol. The van der Waals surface area contributed by atoms with E-state index in [4.69, 9.17) is 10.3 Å². The standard InChI is InChI=1S/C20H27N5O2/c1-2-24-9-3-4-17(24)13-25-12-16(10-18(25)26)20-22-19(23-27-20)15-7-5-14(11-21)6-8-15/h5-8,16-17H,2-4,9-13,21H2,1H3. The van der Waals surface area contributed by atoms with Crippen LogP contribution < -0.4 is 5.73 Å². The summed E-state index contributed by atoms with van der Waals surface area (Å²) in [6.07, 6.45) is 2.85. The van der Waals surface area contributed by atoms with Crippen LogP contribution in [0.25, 0.3) is 11.4 Å². The van der Waals surface area contributed by atoms with Gasteiger partial charge < -0.3 is 15.2 Å². The third-order valence-corrected chi connectivity index (χ3v) is 5.79. The molecule has 0 spiro atoms. The predicted octanol–water partition coefficient (Wildman–Crippen LogP) is 2.00. The Hall–Kier alpha value is -2.25. The van der Waals surface area contributed by atoms with Crippen LogP contribution in [0.1, 0.15) is 43.6 Å². The van der Waals surface area contributed by atoms with Gasteiger partial charge in [0.1, 0.15) is 0 Å². The number of likely N-dealkylation sites (tertiary alicyclic amines) is 2. The molecule has 2 saturated heterocycles. The van der Waals surface area contributed by atoms with E-state index in [0.29, 0.717) is 37.3 Å². The summed E-state index contributed by atoms with van der Waals surface area (Å²) in [6.45, 7) is 6.36. The maximum atomic E-state index is 12.5. The summed E-state index contributed by atoms with van der Waals surface area (Å²) in [6, 6.07) is 8.31. The molecule has 1 aromatic heterocycles. The lowest BCUT2D eigenvalue weighted by atomic mass is 10.1. The first-order chi connectivity index (χ1) is 13.2.